The molecule has 7 nitrogen and oxygen atoms in total. The third-order valence-electron chi connectivity index (χ3n) is 5.75. The molecule has 1 atom stereocenters. The van der Waals surface area contributed by atoms with Gasteiger partial charge in [0.2, 0.25) is 0 Å². The largest absolute Gasteiger partial charge is 0.385 e. The van der Waals surface area contributed by atoms with Gasteiger partial charge in [0.15, 0.2) is 6.10 Å². The number of rotatable bonds is 6. The van der Waals surface area contributed by atoms with Crippen LogP contribution in [-0.4, -0.2) is 26.6 Å². The molecule has 3 heterocycles. The third kappa shape index (κ3) is 5.23. The van der Waals surface area contributed by atoms with E-state index in [0.29, 0.717) is 40.1 Å². The van der Waals surface area contributed by atoms with Crippen LogP contribution in [0.1, 0.15) is 45.4 Å². The minimum atomic E-state index is -0.370. The van der Waals surface area contributed by atoms with Gasteiger partial charge in [-0.15, -0.1) is 0 Å². The minimum Gasteiger partial charge on any atom is -0.385 e. The summed E-state index contributed by atoms with van der Waals surface area (Å²) >= 11 is 5.78. The van der Waals surface area contributed by atoms with Gasteiger partial charge in [-0.3, -0.25) is 14.8 Å². The molecule has 0 saturated carbocycles. The number of benzene rings is 2. The van der Waals surface area contributed by atoms with Crippen LogP contribution in [0.25, 0.3) is 11.1 Å². The van der Waals surface area contributed by atoms with Crippen molar-refractivity contribution in [2.75, 3.05) is 0 Å². The van der Waals surface area contributed by atoms with Gasteiger partial charge in [0.25, 0.3) is 5.91 Å². The van der Waals surface area contributed by atoms with E-state index in [1.807, 2.05) is 37.3 Å². The van der Waals surface area contributed by atoms with Crippen LogP contribution in [0.5, 0.6) is 0 Å². The monoisotopic (exact) mass is 501 g/mol. The van der Waals surface area contributed by atoms with Crippen molar-refractivity contribution in [1.82, 2.24) is 20.3 Å². The number of halogens is 2. The van der Waals surface area contributed by atoms with Gasteiger partial charge < -0.3 is 10.2 Å². The maximum Gasteiger partial charge on any atom is 0.251 e. The molecule has 0 bridgehead atoms. The zero-order valence-corrected chi connectivity index (χ0v) is 20.0. The lowest BCUT2D eigenvalue weighted by Crippen LogP contribution is -2.23. The van der Waals surface area contributed by atoms with Crippen molar-refractivity contribution in [3.63, 3.8) is 0 Å². The lowest BCUT2D eigenvalue weighted by molar-refractivity contribution is 0.0826. The van der Waals surface area contributed by atoms with Crippen molar-refractivity contribution in [3.05, 3.63) is 112 Å². The number of carbonyl (C=O) groups is 1. The smallest absolute Gasteiger partial charge is 0.251 e. The summed E-state index contributed by atoms with van der Waals surface area (Å²) < 4.78 is 14.9. The second-order valence-electron chi connectivity index (χ2n) is 8.39. The number of aryl methyl sites for hydroxylation is 1. The van der Waals surface area contributed by atoms with Crippen molar-refractivity contribution in [3.8, 4) is 11.1 Å². The number of nitrogens with zero attached hydrogens (tertiary/aromatic N) is 4. The van der Waals surface area contributed by atoms with E-state index in [2.05, 4.69) is 25.4 Å². The highest BCUT2D eigenvalue weighted by atomic mass is 35.5. The average molecular weight is 502 g/mol. The summed E-state index contributed by atoms with van der Waals surface area (Å²) in [4.78, 5) is 31.2. The zero-order valence-electron chi connectivity index (χ0n) is 19.3. The van der Waals surface area contributed by atoms with E-state index in [1.165, 1.54) is 18.5 Å². The topological polar surface area (TPSA) is 89.4 Å². The van der Waals surface area contributed by atoms with Gasteiger partial charge in [0, 0.05) is 29.3 Å². The molecule has 180 valence electrons. The van der Waals surface area contributed by atoms with Gasteiger partial charge >= 0.3 is 0 Å². The van der Waals surface area contributed by atoms with E-state index in [-0.39, 0.29) is 29.5 Å². The number of hydrogen-bond donors (Lipinski definition) is 1. The molecule has 36 heavy (non-hydrogen) atoms. The summed E-state index contributed by atoms with van der Waals surface area (Å²) in [7, 11) is 0. The fourth-order valence-corrected chi connectivity index (χ4v) is 4.01. The molecule has 0 saturated heterocycles. The summed E-state index contributed by atoms with van der Waals surface area (Å²) in [5.74, 6) is -0.714. The Labute approximate surface area is 212 Å². The van der Waals surface area contributed by atoms with Gasteiger partial charge in [0.05, 0.1) is 36.0 Å². The molecular formula is C27H21ClFN5O2. The van der Waals surface area contributed by atoms with Crippen LogP contribution in [0.4, 0.5) is 4.39 Å². The van der Waals surface area contributed by atoms with Gasteiger partial charge in [-0.25, -0.2) is 9.37 Å². The lowest BCUT2D eigenvalue weighted by Gasteiger charge is -2.12. The average Bonchev–Trinajstić information content (AvgIpc) is 3.39. The molecule has 0 spiro atoms. The maximum atomic E-state index is 14.9. The maximum absolute atomic E-state index is 14.9. The summed E-state index contributed by atoms with van der Waals surface area (Å²) in [5, 5.41) is 7.36. The molecule has 1 amide bonds. The van der Waals surface area contributed by atoms with Gasteiger partial charge in [-0.2, -0.15) is 0 Å². The molecule has 0 fully saturated rings. The Bertz CT molecular complexity index is 1440. The summed E-state index contributed by atoms with van der Waals surface area (Å²) in [6.07, 6.45) is 4.75. The molecule has 1 aliphatic rings. The first-order chi connectivity index (χ1) is 17.5. The Kier molecular flexibility index (Phi) is 6.69. The first-order valence-electron chi connectivity index (χ1n) is 11.3. The van der Waals surface area contributed by atoms with Crippen molar-refractivity contribution < 1.29 is 14.0 Å². The van der Waals surface area contributed by atoms with E-state index in [0.717, 1.165) is 11.3 Å². The standard InChI is InChI=1S/C27H21ClFN5O2/c1-16-5-6-21(22(29)8-16)17-9-18(24-12-25(36-34-24)23-4-2-3-7-30-23)11-19(10-17)27(35)33-14-20-13-32-26(28)15-31-20/h2-11,13,15,25H,12,14H2,1H3,(H,33,35). The molecule has 5 rings (SSSR count). The first kappa shape index (κ1) is 23.6. The van der Waals surface area contributed by atoms with E-state index < -0.39 is 0 Å². The van der Waals surface area contributed by atoms with Crippen LogP contribution < -0.4 is 5.32 Å². The van der Waals surface area contributed by atoms with Crippen molar-refractivity contribution >= 4 is 23.2 Å². The van der Waals surface area contributed by atoms with E-state index in [1.54, 1.807) is 24.4 Å². The molecule has 0 radical (unpaired) electrons. The summed E-state index contributed by atoms with van der Waals surface area (Å²) in [6, 6.07) is 15.8. The molecule has 4 aromatic rings. The van der Waals surface area contributed by atoms with Crippen molar-refractivity contribution in [2.45, 2.75) is 26.0 Å². The van der Waals surface area contributed by atoms with Crippen molar-refractivity contribution in [2.24, 2.45) is 5.16 Å². The van der Waals surface area contributed by atoms with E-state index >= 15 is 0 Å². The third-order valence-corrected chi connectivity index (χ3v) is 5.95. The lowest BCUT2D eigenvalue weighted by atomic mass is 9.94. The zero-order chi connectivity index (χ0) is 25.1. The Balaban J connectivity index is 1.46. The predicted octanol–water partition coefficient (Wildman–Crippen LogP) is 5.44. The highest BCUT2D eigenvalue weighted by Crippen LogP contribution is 2.31. The Morgan fingerprint density at radius 3 is 2.69 bits per heavy atom. The van der Waals surface area contributed by atoms with Crippen LogP contribution >= 0.6 is 11.6 Å². The highest BCUT2D eigenvalue weighted by Gasteiger charge is 2.26. The number of amides is 1. The normalized spacial score (nSPS) is 14.8. The van der Waals surface area contributed by atoms with E-state index in [9.17, 15) is 9.18 Å². The van der Waals surface area contributed by atoms with Crippen LogP contribution in [0, 0.1) is 12.7 Å². The van der Waals surface area contributed by atoms with Crippen LogP contribution in [0.2, 0.25) is 5.15 Å². The summed E-state index contributed by atoms with van der Waals surface area (Å²) in [6.45, 7) is 1.98. The number of nitrogens with one attached hydrogen (secondary N) is 1. The molecule has 2 aromatic carbocycles. The quantitative estimate of drug-likeness (QED) is 0.380. The fourth-order valence-electron chi connectivity index (χ4n) is 3.91. The highest BCUT2D eigenvalue weighted by molar-refractivity contribution is 6.29. The van der Waals surface area contributed by atoms with E-state index in [4.69, 9.17) is 16.4 Å². The SMILES string of the molecule is Cc1ccc(-c2cc(C(=O)NCc3cnc(Cl)cn3)cc(C3=NOC(c4ccccn4)C3)c2)c(F)c1. The number of oxime groups is 1. The molecule has 1 unspecified atom stereocenters. The second kappa shape index (κ2) is 10.2. The number of carbonyl (C=O) groups excluding carboxylic acids is 1. The number of hydrogen-bond acceptors (Lipinski definition) is 6. The van der Waals surface area contributed by atoms with Crippen LogP contribution in [-0.2, 0) is 11.4 Å². The first-order valence-corrected chi connectivity index (χ1v) is 11.6. The Hall–Kier alpha value is -4.17. The molecule has 0 aliphatic carbocycles. The molecule has 1 aliphatic heterocycles. The fraction of sp³-hybridized carbons (Fsp3) is 0.148. The minimum absolute atomic E-state index is 0.160. The molecule has 1 N–H and O–H groups in total. The van der Waals surface area contributed by atoms with Crippen LogP contribution in [0.3, 0.4) is 0 Å². The Morgan fingerprint density at radius 1 is 1.08 bits per heavy atom. The molecule has 2 aromatic heterocycles. The Morgan fingerprint density at radius 2 is 1.94 bits per heavy atom. The summed E-state index contributed by atoms with van der Waals surface area (Å²) in [5.41, 5.74) is 4.75. The second-order valence-corrected chi connectivity index (χ2v) is 8.77. The number of pyridine rings is 1. The van der Waals surface area contributed by atoms with Gasteiger partial charge in [0.1, 0.15) is 11.0 Å². The van der Waals surface area contributed by atoms with Gasteiger partial charge in [-0.05, 0) is 54.4 Å². The van der Waals surface area contributed by atoms with Gasteiger partial charge in [-0.1, -0.05) is 35.0 Å². The predicted molar refractivity (Wildman–Crippen MR) is 134 cm³/mol. The van der Waals surface area contributed by atoms with Crippen molar-refractivity contribution in [1.29, 1.82) is 0 Å². The van der Waals surface area contributed by atoms with Crippen LogP contribution in [0.15, 0.2) is 78.3 Å². The molecule has 9 heteroatoms. The molecular weight excluding hydrogens is 481 g/mol. The number of aromatic nitrogens is 3.